The molecule has 1 nitrogen and oxygen atoms in total. The second-order valence-electron chi connectivity index (χ2n) is 2.47. The van der Waals surface area contributed by atoms with Gasteiger partial charge in [-0.1, -0.05) is 18.2 Å². The molecule has 1 aromatic carbocycles. The fourth-order valence-corrected chi connectivity index (χ4v) is 1.97. The van der Waals surface area contributed by atoms with Crippen LogP contribution in [-0.4, -0.2) is 6.26 Å². The van der Waals surface area contributed by atoms with Crippen molar-refractivity contribution >= 4 is 11.8 Å². The van der Waals surface area contributed by atoms with Crippen molar-refractivity contribution in [2.45, 2.75) is 18.4 Å². The maximum atomic E-state index is 5.58. The van der Waals surface area contributed by atoms with Gasteiger partial charge in [0.25, 0.3) is 0 Å². The number of hydrogen-bond donors (Lipinski definition) is 1. The summed E-state index contributed by atoms with van der Waals surface area (Å²) in [4.78, 5) is 1.33. The molecule has 0 aromatic heterocycles. The predicted octanol–water partition coefficient (Wildman–Crippen LogP) is 2.18. The molecule has 0 aliphatic rings. The quantitative estimate of drug-likeness (QED) is 0.683. The zero-order valence-corrected chi connectivity index (χ0v) is 7.74. The van der Waals surface area contributed by atoms with Crippen LogP contribution in [0.3, 0.4) is 0 Å². The average Bonchev–Trinajstić information content (AvgIpc) is 2.04. The van der Waals surface area contributed by atoms with Crippen molar-refractivity contribution in [3.63, 3.8) is 0 Å². The van der Waals surface area contributed by atoms with Gasteiger partial charge in [0.1, 0.15) is 0 Å². The van der Waals surface area contributed by atoms with E-state index in [9.17, 15) is 0 Å². The number of hydrogen-bond acceptors (Lipinski definition) is 2. The van der Waals surface area contributed by atoms with Crippen LogP contribution in [0.2, 0.25) is 0 Å². The van der Waals surface area contributed by atoms with Crippen molar-refractivity contribution in [1.29, 1.82) is 0 Å². The van der Waals surface area contributed by atoms with Gasteiger partial charge in [-0.15, -0.1) is 11.8 Å². The zero-order chi connectivity index (χ0) is 8.27. The van der Waals surface area contributed by atoms with Gasteiger partial charge in [0.2, 0.25) is 0 Å². The van der Waals surface area contributed by atoms with Gasteiger partial charge in [-0.05, 0) is 24.3 Å². The van der Waals surface area contributed by atoms with Crippen molar-refractivity contribution in [1.82, 2.24) is 0 Å². The van der Waals surface area contributed by atoms with Gasteiger partial charge in [0.05, 0.1) is 0 Å². The first-order valence-electron chi connectivity index (χ1n) is 3.62. The molecule has 0 atom stereocenters. The summed E-state index contributed by atoms with van der Waals surface area (Å²) in [5, 5.41) is 0. The van der Waals surface area contributed by atoms with Crippen molar-refractivity contribution in [3.8, 4) is 0 Å². The first kappa shape index (κ1) is 8.62. The molecule has 0 unspecified atom stereocenters. The highest BCUT2D eigenvalue weighted by molar-refractivity contribution is 7.98. The van der Waals surface area contributed by atoms with Crippen LogP contribution in [0.15, 0.2) is 23.1 Å². The second-order valence-corrected chi connectivity index (χ2v) is 3.29. The molecule has 60 valence electrons. The zero-order valence-electron chi connectivity index (χ0n) is 6.92. The SMILES string of the molecule is CSc1c(C)cccc1CN. The molecule has 0 saturated carbocycles. The summed E-state index contributed by atoms with van der Waals surface area (Å²) in [6.45, 7) is 2.75. The third-order valence-corrected chi connectivity index (χ3v) is 2.71. The standard InChI is InChI=1S/C9H13NS/c1-7-4-3-5-8(6-10)9(7)11-2/h3-5H,6,10H2,1-2H3. The number of benzene rings is 1. The third-order valence-electron chi connectivity index (χ3n) is 1.72. The van der Waals surface area contributed by atoms with Crippen LogP contribution >= 0.6 is 11.8 Å². The first-order valence-corrected chi connectivity index (χ1v) is 4.84. The number of nitrogens with two attached hydrogens (primary N) is 1. The highest BCUT2D eigenvalue weighted by Crippen LogP contribution is 2.23. The number of rotatable bonds is 2. The minimum Gasteiger partial charge on any atom is -0.326 e. The van der Waals surface area contributed by atoms with Crippen LogP contribution in [0.5, 0.6) is 0 Å². The Balaban J connectivity index is 3.13. The van der Waals surface area contributed by atoms with Gasteiger partial charge >= 0.3 is 0 Å². The molecule has 0 fully saturated rings. The van der Waals surface area contributed by atoms with E-state index in [2.05, 4.69) is 31.4 Å². The molecule has 11 heavy (non-hydrogen) atoms. The summed E-state index contributed by atoms with van der Waals surface area (Å²) in [5.41, 5.74) is 8.15. The topological polar surface area (TPSA) is 26.0 Å². The van der Waals surface area contributed by atoms with E-state index in [-0.39, 0.29) is 0 Å². The van der Waals surface area contributed by atoms with Crippen LogP contribution in [0.4, 0.5) is 0 Å². The lowest BCUT2D eigenvalue weighted by Crippen LogP contribution is -1.98. The van der Waals surface area contributed by atoms with E-state index in [1.54, 1.807) is 11.8 Å². The van der Waals surface area contributed by atoms with Crippen molar-refractivity contribution in [2.24, 2.45) is 5.73 Å². The molecule has 0 bridgehead atoms. The van der Waals surface area contributed by atoms with E-state index in [4.69, 9.17) is 5.73 Å². The van der Waals surface area contributed by atoms with Gasteiger partial charge in [-0.3, -0.25) is 0 Å². The van der Waals surface area contributed by atoms with E-state index in [0.29, 0.717) is 6.54 Å². The van der Waals surface area contributed by atoms with Crippen LogP contribution in [0.25, 0.3) is 0 Å². The minimum atomic E-state index is 0.637. The molecular formula is C9H13NS. The highest BCUT2D eigenvalue weighted by Gasteiger charge is 2.00. The molecule has 0 heterocycles. The van der Waals surface area contributed by atoms with Crippen molar-refractivity contribution in [2.75, 3.05) is 6.26 Å². The summed E-state index contributed by atoms with van der Waals surface area (Å²) in [5.74, 6) is 0. The maximum absolute atomic E-state index is 5.58. The Kier molecular flexibility index (Phi) is 2.97. The third kappa shape index (κ3) is 1.76. The Morgan fingerprint density at radius 1 is 1.45 bits per heavy atom. The predicted molar refractivity (Wildman–Crippen MR) is 50.9 cm³/mol. The van der Waals surface area contributed by atoms with Gasteiger partial charge < -0.3 is 5.73 Å². The Bertz CT molecular complexity index is 245. The molecule has 2 heteroatoms. The molecule has 1 aromatic rings. The summed E-state index contributed by atoms with van der Waals surface area (Å²) < 4.78 is 0. The van der Waals surface area contributed by atoms with Crippen LogP contribution < -0.4 is 5.73 Å². The smallest absolute Gasteiger partial charge is 0.0189 e. The largest absolute Gasteiger partial charge is 0.326 e. The average molecular weight is 167 g/mol. The lowest BCUT2D eigenvalue weighted by molar-refractivity contribution is 1.01. The molecule has 0 amide bonds. The summed E-state index contributed by atoms with van der Waals surface area (Å²) >= 11 is 1.77. The maximum Gasteiger partial charge on any atom is 0.0189 e. The van der Waals surface area contributed by atoms with E-state index in [1.807, 2.05) is 0 Å². The molecule has 0 saturated heterocycles. The Labute approximate surface area is 72.0 Å². The second kappa shape index (κ2) is 3.79. The summed E-state index contributed by atoms with van der Waals surface area (Å²) in [7, 11) is 0. The van der Waals surface area contributed by atoms with Crippen LogP contribution in [-0.2, 0) is 6.54 Å². The van der Waals surface area contributed by atoms with Gasteiger partial charge in [-0.2, -0.15) is 0 Å². The van der Waals surface area contributed by atoms with Gasteiger partial charge in [-0.25, -0.2) is 0 Å². The lowest BCUT2D eigenvalue weighted by atomic mass is 10.1. The van der Waals surface area contributed by atoms with E-state index >= 15 is 0 Å². The Hall–Kier alpha value is -0.470. The lowest BCUT2D eigenvalue weighted by Gasteiger charge is -2.06. The summed E-state index contributed by atoms with van der Waals surface area (Å²) in [6.07, 6.45) is 2.08. The van der Waals surface area contributed by atoms with Crippen LogP contribution in [0.1, 0.15) is 11.1 Å². The number of thioether (sulfide) groups is 1. The van der Waals surface area contributed by atoms with E-state index in [0.717, 1.165) is 0 Å². The summed E-state index contributed by atoms with van der Waals surface area (Å²) in [6, 6.07) is 6.25. The van der Waals surface area contributed by atoms with E-state index < -0.39 is 0 Å². The Morgan fingerprint density at radius 3 is 2.64 bits per heavy atom. The van der Waals surface area contributed by atoms with Crippen molar-refractivity contribution in [3.05, 3.63) is 29.3 Å². The van der Waals surface area contributed by atoms with Gasteiger partial charge in [0, 0.05) is 11.4 Å². The molecule has 1 rings (SSSR count). The fourth-order valence-electron chi connectivity index (χ4n) is 1.17. The normalized spacial score (nSPS) is 10.1. The Morgan fingerprint density at radius 2 is 2.18 bits per heavy atom. The number of aryl methyl sites for hydroxylation is 1. The molecule has 0 aliphatic heterocycles. The van der Waals surface area contributed by atoms with Gasteiger partial charge in [0.15, 0.2) is 0 Å². The monoisotopic (exact) mass is 167 g/mol. The molecule has 2 N–H and O–H groups in total. The fraction of sp³-hybridized carbons (Fsp3) is 0.333. The van der Waals surface area contributed by atoms with E-state index in [1.165, 1.54) is 16.0 Å². The molecule has 0 aliphatic carbocycles. The first-order chi connectivity index (χ1) is 5.29. The molecule has 0 spiro atoms. The van der Waals surface area contributed by atoms with Crippen molar-refractivity contribution < 1.29 is 0 Å². The van der Waals surface area contributed by atoms with Crippen LogP contribution in [0, 0.1) is 6.92 Å². The highest BCUT2D eigenvalue weighted by atomic mass is 32.2. The molecule has 0 radical (unpaired) electrons. The molecular weight excluding hydrogens is 154 g/mol. The minimum absolute atomic E-state index is 0.637.